The third-order valence-electron chi connectivity index (χ3n) is 3.59. The minimum Gasteiger partial charge on any atom is -0.380 e. The van der Waals surface area contributed by atoms with E-state index in [0.717, 1.165) is 19.3 Å². The van der Waals surface area contributed by atoms with Gasteiger partial charge in [-0.3, -0.25) is 14.5 Å². The molecule has 1 rings (SSSR count). The van der Waals surface area contributed by atoms with E-state index in [1.54, 1.807) is 6.08 Å². The van der Waals surface area contributed by atoms with E-state index < -0.39 is 0 Å². The average Bonchev–Trinajstić information content (AvgIpc) is 2.72. The Morgan fingerprint density at radius 3 is 2.70 bits per heavy atom. The summed E-state index contributed by atoms with van der Waals surface area (Å²) in [5.74, 6) is -0.149. The van der Waals surface area contributed by atoms with E-state index in [1.165, 1.54) is 4.90 Å². The Morgan fingerprint density at radius 2 is 2.10 bits per heavy atom. The van der Waals surface area contributed by atoms with Gasteiger partial charge in [-0.1, -0.05) is 19.9 Å². The SMILES string of the molecule is C=CCCOCCNC1CC(=O)N(C(CC)CC)C1=O. The maximum Gasteiger partial charge on any atom is 0.247 e. The third kappa shape index (κ3) is 4.42. The van der Waals surface area contributed by atoms with Crippen LogP contribution in [0.5, 0.6) is 0 Å². The van der Waals surface area contributed by atoms with Crippen LogP contribution in [0.4, 0.5) is 0 Å². The van der Waals surface area contributed by atoms with E-state index in [9.17, 15) is 9.59 Å². The lowest BCUT2D eigenvalue weighted by Crippen LogP contribution is -2.44. The van der Waals surface area contributed by atoms with Crippen molar-refractivity contribution < 1.29 is 14.3 Å². The fourth-order valence-corrected chi connectivity index (χ4v) is 2.42. The summed E-state index contributed by atoms with van der Waals surface area (Å²) < 4.78 is 5.37. The van der Waals surface area contributed by atoms with Gasteiger partial charge in [0.2, 0.25) is 11.8 Å². The first-order valence-corrected chi connectivity index (χ1v) is 7.43. The van der Waals surface area contributed by atoms with Gasteiger partial charge in [0, 0.05) is 12.6 Å². The molecule has 0 radical (unpaired) electrons. The van der Waals surface area contributed by atoms with Gasteiger partial charge in [0.15, 0.2) is 0 Å². The molecule has 0 aliphatic carbocycles. The zero-order valence-corrected chi connectivity index (χ0v) is 12.6. The summed E-state index contributed by atoms with van der Waals surface area (Å²) in [4.78, 5) is 25.6. The van der Waals surface area contributed by atoms with Gasteiger partial charge < -0.3 is 10.1 Å². The van der Waals surface area contributed by atoms with Crippen molar-refractivity contribution >= 4 is 11.8 Å². The van der Waals surface area contributed by atoms with Crippen LogP contribution in [-0.2, 0) is 14.3 Å². The molecule has 1 N–H and O–H groups in total. The van der Waals surface area contributed by atoms with Crippen molar-refractivity contribution in [3.63, 3.8) is 0 Å². The van der Waals surface area contributed by atoms with Gasteiger partial charge in [-0.15, -0.1) is 6.58 Å². The monoisotopic (exact) mass is 282 g/mol. The Balaban J connectivity index is 2.36. The van der Waals surface area contributed by atoms with Gasteiger partial charge in [-0.05, 0) is 19.3 Å². The van der Waals surface area contributed by atoms with Gasteiger partial charge in [0.05, 0.1) is 25.7 Å². The van der Waals surface area contributed by atoms with Gasteiger partial charge in [0.25, 0.3) is 0 Å². The molecule has 0 bridgehead atoms. The molecule has 1 unspecified atom stereocenters. The zero-order chi connectivity index (χ0) is 15.0. The molecule has 1 atom stereocenters. The van der Waals surface area contributed by atoms with E-state index >= 15 is 0 Å². The smallest absolute Gasteiger partial charge is 0.247 e. The fraction of sp³-hybridized carbons (Fsp3) is 0.733. The summed E-state index contributed by atoms with van der Waals surface area (Å²) in [5, 5.41) is 3.11. The Hall–Kier alpha value is -1.20. The van der Waals surface area contributed by atoms with E-state index in [-0.39, 0.29) is 30.3 Å². The predicted molar refractivity (Wildman–Crippen MR) is 78.3 cm³/mol. The highest BCUT2D eigenvalue weighted by atomic mass is 16.5. The first kappa shape index (κ1) is 16.9. The second-order valence-electron chi connectivity index (χ2n) is 4.97. The van der Waals surface area contributed by atoms with Crippen molar-refractivity contribution in [1.82, 2.24) is 10.2 Å². The minimum absolute atomic E-state index is 0.0330. The first-order chi connectivity index (χ1) is 9.65. The molecule has 0 aromatic carbocycles. The summed E-state index contributed by atoms with van der Waals surface area (Å²) in [6.07, 6.45) is 4.52. The topological polar surface area (TPSA) is 58.6 Å². The van der Waals surface area contributed by atoms with Crippen LogP contribution in [-0.4, -0.2) is 48.6 Å². The lowest BCUT2D eigenvalue weighted by molar-refractivity contribution is -0.141. The highest BCUT2D eigenvalue weighted by Crippen LogP contribution is 2.19. The van der Waals surface area contributed by atoms with Crippen molar-refractivity contribution in [2.45, 2.75) is 51.6 Å². The number of hydrogen-bond acceptors (Lipinski definition) is 4. The summed E-state index contributed by atoms with van der Waals surface area (Å²) in [6, 6.07) is -0.350. The molecule has 1 aliphatic rings. The van der Waals surface area contributed by atoms with Crippen molar-refractivity contribution in [3.8, 4) is 0 Å². The number of carbonyl (C=O) groups is 2. The second-order valence-corrected chi connectivity index (χ2v) is 4.97. The molecule has 5 heteroatoms. The Labute approximate surface area is 121 Å². The molecule has 1 heterocycles. The molecule has 1 aliphatic heterocycles. The van der Waals surface area contributed by atoms with Gasteiger partial charge in [-0.2, -0.15) is 0 Å². The summed E-state index contributed by atoms with van der Waals surface area (Å²) in [6.45, 7) is 9.38. The standard InChI is InChI=1S/C15H26N2O3/c1-4-7-9-20-10-8-16-13-11-14(18)17(15(13)19)12(5-2)6-3/h4,12-13,16H,1,5-11H2,2-3H3. The van der Waals surface area contributed by atoms with E-state index in [0.29, 0.717) is 19.8 Å². The van der Waals surface area contributed by atoms with Crippen LogP contribution in [0.3, 0.4) is 0 Å². The normalized spacial score (nSPS) is 19.1. The lowest BCUT2D eigenvalue weighted by Gasteiger charge is -2.24. The summed E-state index contributed by atoms with van der Waals surface area (Å²) >= 11 is 0. The van der Waals surface area contributed by atoms with Gasteiger partial charge in [-0.25, -0.2) is 0 Å². The van der Waals surface area contributed by atoms with Crippen LogP contribution in [0.25, 0.3) is 0 Å². The van der Waals surface area contributed by atoms with Crippen LogP contribution < -0.4 is 5.32 Å². The second kappa shape index (κ2) is 8.87. The number of ether oxygens (including phenoxy) is 1. The number of rotatable bonds is 10. The van der Waals surface area contributed by atoms with Crippen LogP contribution in [0.2, 0.25) is 0 Å². The molecule has 0 aromatic rings. The fourth-order valence-electron chi connectivity index (χ4n) is 2.42. The highest BCUT2D eigenvalue weighted by Gasteiger charge is 2.40. The molecule has 114 valence electrons. The largest absolute Gasteiger partial charge is 0.380 e. The van der Waals surface area contributed by atoms with Gasteiger partial charge in [0.1, 0.15) is 0 Å². The molecule has 2 amide bonds. The maximum atomic E-state index is 12.2. The minimum atomic E-state index is -0.383. The summed E-state index contributed by atoms with van der Waals surface area (Å²) in [5.41, 5.74) is 0. The molecule has 1 fully saturated rings. The number of nitrogens with one attached hydrogen (secondary N) is 1. The van der Waals surface area contributed by atoms with Crippen LogP contribution in [0.1, 0.15) is 39.5 Å². The van der Waals surface area contributed by atoms with E-state index in [1.807, 2.05) is 13.8 Å². The number of likely N-dealkylation sites (tertiary alicyclic amines) is 1. The predicted octanol–water partition coefficient (Wildman–Crippen LogP) is 1.48. The number of hydrogen-bond donors (Lipinski definition) is 1. The van der Waals surface area contributed by atoms with Crippen molar-refractivity contribution in [2.75, 3.05) is 19.8 Å². The van der Waals surface area contributed by atoms with E-state index in [2.05, 4.69) is 11.9 Å². The highest BCUT2D eigenvalue weighted by molar-refractivity contribution is 6.05. The molecule has 0 aromatic heterocycles. The Morgan fingerprint density at radius 1 is 1.40 bits per heavy atom. The van der Waals surface area contributed by atoms with Crippen LogP contribution in [0, 0.1) is 0 Å². The zero-order valence-electron chi connectivity index (χ0n) is 12.6. The van der Waals surface area contributed by atoms with Crippen LogP contribution in [0.15, 0.2) is 12.7 Å². The number of carbonyl (C=O) groups excluding carboxylic acids is 2. The molecule has 5 nitrogen and oxygen atoms in total. The lowest BCUT2D eigenvalue weighted by atomic mass is 10.1. The van der Waals surface area contributed by atoms with Crippen molar-refractivity contribution in [3.05, 3.63) is 12.7 Å². The molecule has 0 saturated carbocycles. The Kier molecular flexibility index (Phi) is 7.47. The van der Waals surface area contributed by atoms with E-state index in [4.69, 9.17) is 4.74 Å². The molecular weight excluding hydrogens is 256 g/mol. The average molecular weight is 282 g/mol. The van der Waals surface area contributed by atoms with Crippen LogP contribution >= 0.6 is 0 Å². The number of nitrogens with zero attached hydrogens (tertiary/aromatic N) is 1. The molecule has 20 heavy (non-hydrogen) atoms. The Bertz CT molecular complexity index is 340. The maximum absolute atomic E-state index is 12.2. The molecular formula is C15H26N2O3. The first-order valence-electron chi connectivity index (χ1n) is 7.43. The number of amides is 2. The molecule has 1 saturated heterocycles. The van der Waals surface area contributed by atoms with Crippen molar-refractivity contribution in [1.29, 1.82) is 0 Å². The summed E-state index contributed by atoms with van der Waals surface area (Å²) in [7, 11) is 0. The quantitative estimate of drug-likeness (QED) is 0.375. The third-order valence-corrected chi connectivity index (χ3v) is 3.59. The van der Waals surface area contributed by atoms with Crippen molar-refractivity contribution in [2.24, 2.45) is 0 Å². The van der Waals surface area contributed by atoms with Gasteiger partial charge >= 0.3 is 0 Å². The number of imide groups is 1. The molecule has 0 spiro atoms.